The Morgan fingerprint density at radius 3 is 1.88 bits per heavy atom. The average molecular weight is 328 g/mol. The lowest BCUT2D eigenvalue weighted by molar-refractivity contribution is 1.12. The highest BCUT2D eigenvalue weighted by Crippen LogP contribution is 2.27. The third kappa shape index (κ3) is 3.69. The summed E-state index contributed by atoms with van der Waals surface area (Å²) < 4.78 is 0. The van der Waals surface area contributed by atoms with Crippen molar-refractivity contribution in [3.63, 3.8) is 0 Å². The zero-order chi connectivity index (χ0) is 18.1. The summed E-state index contributed by atoms with van der Waals surface area (Å²) >= 11 is 0. The molecule has 0 aliphatic carbocycles. The molecule has 3 aromatic rings. The van der Waals surface area contributed by atoms with E-state index >= 15 is 0 Å². The molecule has 0 bridgehead atoms. The van der Waals surface area contributed by atoms with Gasteiger partial charge in [-0.15, -0.1) is 0 Å². The number of hydrogen-bond donors (Lipinski definition) is 0. The fourth-order valence-corrected chi connectivity index (χ4v) is 3.65. The van der Waals surface area contributed by atoms with E-state index in [-0.39, 0.29) is 0 Å². The van der Waals surface area contributed by atoms with Crippen molar-refractivity contribution in [3.05, 3.63) is 93.0 Å². The quantitative estimate of drug-likeness (QED) is 0.496. The van der Waals surface area contributed by atoms with Crippen LogP contribution in [-0.4, -0.2) is 0 Å². The van der Waals surface area contributed by atoms with E-state index in [1.165, 1.54) is 55.6 Å². The van der Waals surface area contributed by atoms with Gasteiger partial charge in [-0.3, -0.25) is 0 Å². The highest BCUT2D eigenvalue weighted by molar-refractivity contribution is 5.68. The van der Waals surface area contributed by atoms with Gasteiger partial charge in [0.15, 0.2) is 0 Å². The van der Waals surface area contributed by atoms with E-state index in [4.69, 9.17) is 0 Å². The SMILES string of the molecule is Cc1ccc(-c2ccc(Cc3cc(C)c(C)c(C)c3)c(C)c2)c(C)c1. The summed E-state index contributed by atoms with van der Waals surface area (Å²) in [6.07, 6.45) is 1.00. The molecule has 0 aliphatic heterocycles. The molecule has 0 heterocycles. The van der Waals surface area contributed by atoms with Gasteiger partial charge in [0, 0.05) is 0 Å². The second-order valence-electron chi connectivity index (χ2n) is 7.49. The van der Waals surface area contributed by atoms with Crippen molar-refractivity contribution in [2.24, 2.45) is 0 Å². The molecule has 25 heavy (non-hydrogen) atoms. The van der Waals surface area contributed by atoms with Crippen LogP contribution in [0.25, 0.3) is 11.1 Å². The van der Waals surface area contributed by atoms with E-state index in [2.05, 4.69) is 90.1 Å². The summed E-state index contributed by atoms with van der Waals surface area (Å²) in [5.41, 5.74) is 13.7. The van der Waals surface area contributed by atoms with Crippen LogP contribution in [0.15, 0.2) is 48.5 Å². The van der Waals surface area contributed by atoms with Gasteiger partial charge in [0.1, 0.15) is 0 Å². The van der Waals surface area contributed by atoms with Crippen molar-refractivity contribution in [3.8, 4) is 11.1 Å². The summed E-state index contributed by atoms with van der Waals surface area (Å²) in [4.78, 5) is 0. The lowest BCUT2D eigenvalue weighted by Crippen LogP contribution is -1.96. The van der Waals surface area contributed by atoms with Crippen LogP contribution in [0.4, 0.5) is 0 Å². The van der Waals surface area contributed by atoms with Crippen LogP contribution in [0, 0.1) is 41.5 Å². The normalized spacial score (nSPS) is 11.0. The van der Waals surface area contributed by atoms with Crippen LogP contribution in [0.2, 0.25) is 0 Å². The highest BCUT2D eigenvalue weighted by Gasteiger charge is 2.07. The Balaban J connectivity index is 1.92. The molecule has 0 fully saturated rings. The van der Waals surface area contributed by atoms with Gasteiger partial charge < -0.3 is 0 Å². The molecular weight excluding hydrogens is 300 g/mol. The third-order valence-electron chi connectivity index (χ3n) is 5.42. The smallest absolute Gasteiger partial charge is 0.00229 e. The minimum Gasteiger partial charge on any atom is -0.0587 e. The Labute approximate surface area is 152 Å². The van der Waals surface area contributed by atoms with Gasteiger partial charge >= 0.3 is 0 Å². The van der Waals surface area contributed by atoms with Gasteiger partial charge in [0.05, 0.1) is 0 Å². The zero-order valence-electron chi connectivity index (χ0n) is 16.3. The monoisotopic (exact) mass is 328 g/mol. The first-order chi connectivity index (χ1) is 11.8. The van der Waals surface area contributed by atoms with E-state index in [0.29, 0.717) is 0 Å². The van der Waals surface area contributed by atoms with Gasteiger partial charge in [0.2, 0.25) is 0 Å². The molecular formula is C25H28. The Morgan fingerprint density at radius 1 is 0.600 bits per heavy atom. The zero-order valence-corrected chi connectivity index (χ0v) is 16.3. The standard InChI is InChI=1S/C25H28/c1-16-7-10-25(20(5)11-16)24-9-8-23(19(4)14-24)15-22-12-17(2)21(6)18(3)13-22/h7-14H,15H2,1-6H3. The van der Waals surface area contributed by atoms with Gasteiger partial charge in [0.25, 0.3) is 0 Å². The second kappa shape index (κ2) is 6.88. The van der Waals surface area contributed by atoms with Crippen LogP contribution >= 0.6 is 0 Å². The van der Waals surface area contributed by atoms with E-state index in [1.54, 1.807) is 0 Å². The van der Waals surface area contributed by atoms with Crippen molar-refractivity contribution in [1.29, 1.82) is 0 Å². The van der Waals surface area contributed by atoms with E-state index < -0.39 is 0 Å². The molecule has 0 N–H and O–H groups in total. The molecule has 0 atom stereocenters. The van der Waals surface area contributed by atoms with E-state index in [1.807, 2.05) is 0 Å². The first-order valence-corrected chi connectivity index (χ1v) is 9.09. The molecule has 3 aromatic carbocycles. The fourth-order valence-electron chi connectivity index (χ4n) is 3.65. The molecule has 0 nitrogen and oxygen atoms in total. The minimum absolute atomic E-state index is 1.00. The van der Waals surface area contributed by atoms with Gasteiger partial charge in [-0.2, -0.15) is 0 Å². The first kappa shape index (κ1) is 17.5. The Kier molecular flexibility index (Phi) is 4.81. The molecule has 0 unspecified atom stereocenters. The lowest BCUT2D eigenvalue weighted by atomic mass is 9.92. The fraction of sp³-hybridized carbons (Fsp3) is 0.280. The van der Waals surface area contributed by atoms with Crippen LogP contribution < -0.4 is 0 Å². The molecule has 3 rings (SSSR count). The molecule has 0 amide bonds. The molecule has 0 aromatic heterocycles. The lowest BCUT2D eigenvalue weighted by Gasteiger charge is -2.13. The van der Waals surface area contributed by atoms with Crippen molar-refractivity contribution >= 4 is 0 Å². The maximum atomic E-state index is 2.33. The van der Waals surface area contributed by atoms with Crippen LogP contribution in [0.3, 0.4) is 0 Å². The van der Waals surface area contributed by atoms with Gasteiger partial charge in [-0.1, -0.05) is 54.1 Å². The summed E-state index contributed by atoms with van der Waals surface area (Å²) in [6, 6.07) is 18.3. The summed E-state index contributed by atoms with van der Waals surface area (Å²) in [5.74, 6) is 0. The number of rotatable bonds is 3. The Bertz CT molecular complexity index is 906. The number of hydrogen-bond acceptors (Lipinski definition) is 0. The van der Waals surface area contributed by atoms with E-state index in [0.717, 1.165) is 6.42 Å². The summed E-state index contributed by atoms with van der Waals surface area (Å²) in [5, 5.41) is 0. The predicted molar refractivity (Wildman–Crippen MR) is 110 cm³/mol. The van der Waals surface area contributed by atoms with Gasteiger partial charge in [-0.25, -0.2) is 0 Å². The second-order valence-corrected chi connectivity index (χ2v) is 7.49. The number of benzene rings is 3. The Hall–Kier alpha value is -2.34. The van der Waals surface area contributed by atoms with Crippen molar-refractivity contribution in [1.82, 2.24) is 0 Å². The van der Waals surface area contributed by atoms with E-state index in [9.17, 15) is 0 Å². The topological polar surface area (TPSA) is 0 Å². The number of aryl methyl sites for hydroxylation is 5. The molecule has 0 heteroatoms. The van der Waals surface area contributed by atoms with Crippen molar-refractivity contribution in [2.75, 3.05) is 0 Å². The molecule has 0 aliphatic rings. The van der Waals surface area contributed by atoms with Crippen LogP contribution in [-0.2, 0) is 6.42 Å². The summed E-state index contributed by atoms with van der Waals surface area (Å²) in [6.45, 7) is 13.2. The first-order valence-electron chi connectivity index (χ1n) is 9.09. The predicted octanol–water partition coefficient (Wildman–Crippen LogP) is 6.79. The maximum Gasteiger partial charge on any atom is -0.00229 e. The molecule has 0 radical (unpaired) electrons. The van der Waals surface area contributed by atoms with Crippen molar-refractivity contribution in [2.45, 2.75) is 48.0 Å². The molecule has 128 valence electrons. The average Bonchev–Trinajstić information content (AvgIpc) is 2.54. The minimum atomic E-state index is 1.00. The highest BCUT2D eigenvalue weighted by atomic mass is 14.1. The molecule has 0 saturated carbocycles. The summed E-state index contributed by atoms with van der Waals surface area (Å²) in [7, 11) is 0. The van der Waals surface area contributed by atoms with Crippen LogP contribution in [0.1, 0.15) is 44.5 Å². The molecule has 0 saturated heterocycles. The maximum absolute atomic E-state index is 2.33. The largest absolute Gasteiger partial charge is 0.0587 e. The third-order valence-corrected chi connectivity index (χ3v) is 5.42. The van der Waals surface area contributed by atoms with Crippen LogP contribution in [0.5, 0.6) is 0 Å². The Morgan fingerprint density at radius 2 is 1.28 bits per heavy atom. The van der Waals surface area contributed by atoms with Crippen molar-refractivity contribution < 1.29 is 0 Å². The molecule has 0 spiro atoms. The van der Waals surface area contributed by atoms with Gasteiger partial charge in [-0.05, 0) is 98.0 Å².